The summed E-state index contributed by atoms with van der Waals surface area (Å²) in [5, 5.41) is 17.5. The molecule has 1 aromatic carbocycles. The van der Waals surface area contributed by atoms with E-state index in [9.17, 15) is 9.90 Å². The second-order valence-corrected chi connectivity index (χ2v) is 8.09. The first-order valence-electron chi connectivity index (χ1n) is 9.30. The van der Waals surface area contributed by atoms with Gasteiger partial charge < -0.3 is 20.0 Å². The lowest BCUT2D eigenvalue weighted by atomic mass is 10.1. The number of ether oxygens (including phenoxy) is 1. The second-order valence-electron chi connectivity index (χ2n) is 6.82. The Morgan fingerprint density at radius 2 is 2.04 bits per heavy atom. The minimum atomic E-state index is -0.763. The molecule has 3 N–H and O–H groups in total. The molecule has 0 radical (unpaired) electrons. The minimum Gasteiger partial charge on any atom is -0.489 e. The number of carboxylic acid groups (broad SMARTS) is 1. The number of hydroxylamine groups is 1. The second kappa shape index (κ2) is 11.4. The highest BCUT2D eigenvalue weighted by atomic mass is 32.2. The lowest BCUT2D eigenvalue weighted by molar-refractivity contribution is -0.136. The summed E-state index contributed by atoms with van der Waals surface area (Å²) in [7, 11) is 2.10. The van der Waals surface area contributed by atoms with Crippen LogP contribution in [0.25, 0.3) is 0 Å². The number of likely N-dealkylation sites (tertiary alicyclic amines) is 1. The Bertz CT molecular complexity index is 541. The summed E-state index contributed by atoms with van der Waals surface area (Å²) in [6, 6.07) is 7.76. The molecule has 2 atom stereocenters. The van der Waals surface area contributed by atoms with Crippen LogP contribution in [0.15, 0.2) is 29.2 Å². The molecule has 1 aliphatic heterocycles. The van der Waals surface area contributed by atoms with E-state index in [1.165, 1.54) is 11.8 Å². The van der Waals surface area contributed by atoms with Gasteiger partial charge in [0.15, 0.2) is 0 Å². The number of thioether (sulfide) groups is 1. The molecule has 1 aromatic rings. The van der Waals surface area contributed by atoms with E-state index in [1.807, 2.05) is 24.3 Å². The smallest absolute Gasteiger partial charge is 0.316 e. The summed E-state index contributed by atoms with van der Waals surface area (Å²) in [6.45, 7) is 2.60. The standard InChI is InChI=1S/C19H30N2O4S/c1-21-13-11-16(14-21)25-15-7-9-17(10-8-15)26-18(19(22)23)6-4-2-3-5-12-20-24/h7-10,16,18,20,24H,2-6,11-14H2,1H3,(H,22,23). The van der Waals surface area contributed by atoms with Gasteiger partial charge in [-0.15, -0.1) is 11.8 Å². The van der Waals surface area contributed by atoms with Crippen LogP contribution in [-0.2, 0) is 4.79 Å². The highest BCUT2D eigenvalue weighted by Gasteiger charge is 2.21. The van der Waals surface area contributed by atoms with E-state index in [-0.39, 0.29) is 6.10 Å². The molecule has 7 heteroatoms. The molecule has 1 heterocycles. The summed E-state index contributed by atoms with van der Waals surface area (Å²) in [6.07, 6.45) is 5.70. The molecule has 6 nitrogen and oxygen atoms in total. The fourth-order valence-corrected chi connectivity index (χ4v) is 4.07. The van der Waals surface area contributed by atoms with Crippen molar-refractivity contribution in [3.63, 3.8) is 0 Å². The van der Waals surface area contributed by atoms with Crippen LogP contribution in [0.5, 0.6) is 5.75 Å². The van der Waals surface area contributed by atoms with Crippen LogP contribution >= 0.6 is 11.8 Å². The predicted molar refractivity (Wildman–Crippen MR) is 103 cm³/mol. The number of hydrogen-bond donors (Lipinski definition) is 3. The normalized spacial score (nSPS) is 18.8. The molecule has 1 saturated heterocycles. The first-order valence-corrected chi connectivity index (χ1v) is 10.2. The Hall–Kier alpha value is -1.28. The van der Waals surface area contributed by atoms with Crippen LogP contribution < -0.4 is 10.2 Å². The molecular weight excluding hydrogens is 352 g/mol. The number of likely N-dealkylation sites (N-methyl/N-ethyl adjacent to an activating group) is 1. The number of carbonyl (C=O) groups is 1. The van der Waals surface area contributed by atoms with E-state index in [2.05, 4.69) is 17.4 Å². The van der Waals surface area contributed by atoms with E-state index >= 15 is 0 Å². The maximum Gasteiger partial charge on any atom is 0.316 e. The summed E-state index contributed by atoms with van der Waals surface area (Å²) in [5.41, 5.74) is 2.14. The van der Waals surface area contributed by atoms with E-state index in [1.54, 1.807) is 0 Å². The Labute approximate surface area is 159 Å². The van der Waals surface area contributed by atoms with Crippen LogP contribution in [0.3, 0.4) is 0 Å². The van der Waals surface area contributed by atoms with Crippen molar-refractivity contribution in [1.29, 1.82) is 0 Å². The lowest BCUT2D eigenvalue weighted by Crippen LogP contribution is -2.21. The highest BCUT2D eigenvalue weighted by molar-refractivity contribution is 8.00. The largest absolute Gasteiger partial charge is 0.489 e. The minimum absolute atomic E-state index is 0.242. The molecule has 0 saturated carbocycles. The number of rotatable bonds is 12. The van der Waals surface area contributed by atoms with Gasteiger partial charge in [-0.05, 0) is 50.6 Å². The van der Waals surface area contributed by atoms with Crippen LogP contribution in [0.2, 0.25) is 0 Å². The van der Waals surface area contributed by atoms with Crippen molar-refractivity contribution in [2.24, 2.45) is 0 Å². The zero-order valence-corrected chi connectivity index (χ0v) is 16.2. The van der Waals surface area contributed by atoms with E-state index in [4.69, 9.17) is 9.94 Å². The third kappa shape index (κ3) is 7.53. The third-order valence-corrected chi connectivity index (χ3v) is 5.80. The molecule has 2 unspecified atom stereocenters. The molecule has 1 fully saturated rings. The fraction of sp³-hybridized carbons (Fsp3) is 0.632. The summed E-state index contributed by atoms with van der Waals surface area (Å²) < 4.78 is 5.97. The van der Waals surface area contributed by atoms with Crippen molar-refractivity contribution in [2.75, 3.05) is 26.7 Å². The van der Waals surface area contributed by atoms with Gasteiger partial charge in [0.2, 0.25) is 0 Å². The zero-order chi connectivity index (χ0) is 18.8. The Morgan fingerprint density at radius 3 is 2.65 bits per heavy atom. The fourth-order valence-electron chi connectivity index (χ4n) is 3.06. The van der Waals surface area contributed by atoms with E-state index < -0.39 is 11.2 Å². The molecule has 2 rings (SSSR count). The number of nitrogens with zero attached hydrogens (tertiary/aromatic N) is 1. The topological polar surface area (TPSA) is 82.0 Å². The van der Waals surface area contributed by atoms with Gasteiger partial charge in [0.05, 0.1) is 0 Å². The van der Waals surface area contributed by atoms with E-state index in [0.717, 1.165) is 55.8 Å². The van der Waals surface area contributed by atoms with Gasteiger partial charge in [0.1, 0.15) is 17.1 Å². The van der Waals surface area contributed by atoms with Crippen molar-refractivity contribution in [1.82, 2.24) is 10.4 Å². The number of benzene rings is 1. The molecule has 0 bridgehead atoms. The predicted octanol–water partition coefficient (Wildman–Crippen LogP) is 3.24. The summed E-state index contributed by atoms with van der Waals surface area (Å²) >= 11 is 1.40. The zero-order valence-electron chi connectivity index (χ0n) is 15.4. The molecule has 1 aliphatic rings. The maximum absolute atomic E-state index is 11.5. The van der Waals surface area contributed by atoms with Crippen LogP contribution in [0.4, 0.5) is 0 Å². The molecule has 146 valence electrons. The van der Waals surface area contributed by atoms with Crippen molar-refractivity contribution in [3.8, 4) is 5.75 Å². The van der Waals surface area contributed by atoms with Crippen LogP contribution in [-0.4, -0.2) is 59.2 Å². The van der Waals surface area contributed by atoms with Gasteiger partial charge in [-0.25, -0.2) is 5.48 Å². The van der Waals surface area contributed by atoms with Gasteiger partial charge in [0, 0.05) is 24.5 Å². The SMILES string of the molecule is CN1CCC(Oc2ccc(SC(CCCCCCNO)C(=O)O)cc2)C1. The monoisotopic (exact) mass is 382 g/mol. The lowest BCUT2D eigenvalue weighted by Gasteiger charge is -2.15. The summed E-state index contributed by atoms with van der Waals surface area (Å²) in [4.78, 5) is 14.7. The Balaban J connectivity index is 1.76. The number of carboxylic acids is 1. The highest BCUT2D eigenvalue weighted by Crippen LogP contribution is 2.29. The molecule has 0 spiro atoms. The van der Waals surface area contributed by atoms with Crippen LogP contribution in [0, 0.1) is 0 Å². The van der Waals surface area contributed by atoms with Gasteiger partial charge in [-0.3, -0.25) is 4.79 Å². The third-order valence-electron chi connectivity index (χ3n) is 4.53. The van der Waals surface area contributed by atoms with Gasteiger partial charge in [0.25, 0.3) is 0 Å². The van der Waals surface area contributed by atoms with Gasteiger partial charge in [-0.2, -0.15) is 0 Å². The molecule has 0 aliphatic carbocycles. The average Bonchev–Trinajstić information content (AvgIpc) is 3.03. The first-order chi connectivity index (χ1) is 12.6. The van der Waals surface area contributed by atoms with Crippen molar-refractivity contribution in [3.05, 3.63) is 24.3 Å². The Kier molecular flexibility index (Phi) is 9.25. The van der Waals surface area contributed by atoms with Crippen molar-refractivity contribution in [2.45, 2.75) is 54.8 Å². The van der Waals surface area contributed by atoms with E-state index in [0.29, 0.717) is 13.0 Å². The molecule has 0 aromatic heterocycles. The molecule has 26 heavy (non-hydrogen) atoms. The van der Waals surface area contributed by atoms with Crippen molar-refractivity contribution >= 4 is 17.7 Å². The molecular formula is C19H30N2O4S. The summed E-state index contributed by atoms with van der Waals surface area (Å²) in [5.74, 6) is 0.0837. The number of unbranched alkanes of at least 4 members (excludes halogenated alkanes) is 3. The van der Waals surface area contributed by atoms with Crippen LogP contribution in [0.1, 0.15) is 38.5 Å². The number of hydrogen-bond acceptors (Lipinski definition) is 6. The maximum atomic E-state index is 11.5. The van der Waals surface area contributed by atoms with Crippen molar-refractivity contribution < 1.29 is 19.8 Å². The molecule has 0 amide bonds. The average molecular weight is 383 g/mol. The Morgan fingerprint density at radius 1 is 1.31 bits per heavy atom. The number of nitrogens with one attached hydrogen (secondary N) is 1. The van der Waals surface area contributed by atoms with Gasteiger partial charge >= 0.3 is 5.97 Å². The van der Waals surface area contributed by atoms with Gasteiger partial charge in [-0.1, -0.05) is 19.3 Å². The quantitative estimate of drug-likeness (QED) is 0.291. The number of aliphatic carboxylic acids is 1. The first kappa shape index (κ1) is 21.0.